The van der Waals surface area contributed by atoms with Gasteiger partial charge >= 0.3 is 0 Å². The van der Waals surface area contributed by atoms with E-state index >= 15 is 0 Å². The number of rotatable bonds is 4. The number of benzene rings is 1. The van der Waals surface area contributed by atoms with Gasteiger partial charge in [-0.1, -0.05) is 18.2 Å². The second-order valence-corrected chi connectivity index (χ2v) is 7.13. The lowest BCUT2D eigenvalue weighted by atomic mass is 10.1. The average molecular weight is 399 g/mol. The monoisotopic (exact) mass is 399 g/mol. The molecule has 0 unspecified atom stereocenters. The molecule has 30 heavy (non-hydrogen) atoms. The Kier molecular flexibility index (Phi) is 4.86. The van der Waals surface area contributed by atoms with Gasteiger partial charge in [-0.15, -0.1) is 0 Å². The molecule has 1 aromatic carbocycles. The van der Waals surface area contributed by atoms with Gasteiger partial charge in [0, 0.05) is 42.9 Å². The number of morpholine rings is 1. The average Bonchev–Trinajstić information content (AvgIpc) is 3.25. The minimum atomic E-state index is -0.184. The molecule has 0 saturated carbocycles. The zero-order valence-corrected chi connectivity index (χ0v) is 16.4. The molecule has 1 fully saturated rings. The number of pyridine rings is 2. The van der Waals surface area contributed by atoms with Crippen LogP contribution in [0.5, 0.6) is 0 Å². The Morgan fingerprint density at radius 2 is 1.83 bits per heavy atom. The summed E-state index contributed by atoms with van der Waals surface area (Å²) < 4.78 is 7.35. The molecule has 4 heterocycles. The lowest BCUT2D eigenvalue weighted by molar-refractivity contribution is 0.102. The molecule has 0 aliphatic carbocycles. The molecule has 0 bridgehead atoms. The van der Waals surface area contributed by atoms with Crippen LogP contribution in [-0.4, -0.2) is 46.6 Å². The Bertz CT molecular complexity index is 1130. The van der Waals surface area contributed by atoms with Crippen molar-refractivity contribution in [2.75, 3.05) is 36.5 Å². The standard InChI is InChI=1S/C23H21N5O2/c29-23(18-6-9-21(24-15-18)27-11-13-30-14-12-27)25-19-7-4-17(5-8-19)20-16-28-10-2-1-3-22(28)26-20/h1-10,15-16H,11-14H2,(H,25,29). The van der Waals surface area contributed by atoms with Crippen LogP contribution < -0.4 is 10.2 Å². The zero-order valence-electron chi connectivity index (χ0n) is 16.4. The number of nitrogens with one attached hydrogen (secondary N) is 1. The number of fused-ring (bicyclic) bond motifs is 1. The molecule has 3 aromatic heterocycles. The van der Waals surface area contributed by atoms with Gasteiger partial charge in [0.2, 0.25) is 0 Å². The van der Waals surface area contributed by atoms with Crippen molar-refractivity contribution in [3.63, 3.8) is 0 Å². The summed E-state index contributed by atoms with van der Waals surface area (Å²) >= 11 is 0. The van der Waals surface area contributed by atoms with Gasteiger partial charge in [0.05, 0.1) is 24.5 Å². The number of nitrogens with zero attached hydrogens (tertiary/aromatic N) is 4. The maximum atomic E-state index is 12.6. The number of amides is 1. The molecule has 0 atom stereocenters. The van der Waals surface area contributed by atoms with Gasteiger partial charge in [0.15, 0.2) is 0 Å². The molecule has 0 radical (unpaired) electrons. The van der Waals surface area contributed by atoms with Crippen molar-refractivity contribution in [3.05, 3.63) is 78.8 Å². The fourth-order valence-corrected chi connectivity index (χ4v) is 3.50. The van der Waals surface area contributed by atoms with Crippen LogP contribution in [0.15, 0.2) is 73.2 Å². The first-order valence-electron chi connectivity index (χ1n) is 9.90. The maximum absolute atomic E-state index is 12.6. The van der Waals surface area contributed by atoms with E-state index in [0.29, 0.717) is 18.8 Å². The van der Waals surface area contributed by atoms with E-state index in [2.05, 4.69) is 20.2 Å². The highest BCUT2D eigenvalue weighted by molar-refractivity contribution is 6.04. The predicted molar refractivity (Wildman–Crippen MR) is 116 cm³/mol. The molecule has 4 aromatic rings. The van der Waals surface area contributed by atoms with Crippen LogP contribution in [0, 0.1) is 0 Å². The summed E-state index contributed by atoms with van der Waals surface area (Å²) in [6, 6.07) is 17.3. The van der Waals surface area contributed by atoms with E-state index in [9.17, 15) is 4.79 Å². The number of anilines is 2. The summed E-state index contributed by atoms with van der Waals surface area (Å²) in [4.78, 5) is 23.8. The SMILES string of the molecule is O=C(Nc1ccc(-c2cn3ccccc3n2)cc1)c1ccc(N2CCOCC2)nc1. The lowest BCUT2D eigenvalue weighted by Gasteiger charge is -2.27. The third-order valence-corrected chi connectivity index (χ3v) is 5.15. The minimum absolute atomic E-state index is 0.184. The summed E-state index contributed by atoms with van der Waals surface area (Å²) in [6.07, 6.45) is 5.58. The van der Waals surface area contributed by atoms with E-state index in [0.717, 1.165) is 41.5 Å². The third kappa shape index (κ3) is 3.75. The van der Waals surface area contributed by atoms with Crippen molar-refractivity contribution < 1.29 is 9.53 Å². The number of hydrogen-bond acceptors (Lipinski definition) is 5. The minimum Gasteiger partial charge on any atom is -0.378 e. The van der Waals surface area contributed by atoms with Gasteiger partial charge in [0.1, 0.15) is 11.5 Å². The zero-order chi connectivity index (χ0) is 20.3. The van der Waals surface area contributed by atoms with Gasteiger partial charge in [-0.05, 0) is 36.4 Å². The molecular formula is C23H21N5O2. The Labute approximate surface area is 174 Å². The quantitative estimate of drug-likeness (QED) is 0.569. The van der Waals surface area contributed by atoms with Crippen molar-refractivity contribution in [2.45, 2.75) is 0 Å². The molecular weight excluding hydrogens is 378 g/mol. The van der Waals surface area contributed by atoms with Crippen molar-refractivity contribution in [3.8, 4) is 11.3 Å². The highest BCUT2D eigenvalue weighted by Gasteiger charge is 2.14. The molecule has 1 N–H and O–H groups in total. The normalized spacial score (nSPS) is 14.1. The predicted octanol–water partition coefficient (Wildman–Crippen LogP) is 3.49. The number of ether oxygens (including phenoxy) is 1. The van der Waals surface area contributed by atoms with Crippen LogP contribution in [0.25, 0.3) is 16.9 Å². The molecule has 1 amide bonds. The second kappa shape index (κ2) is 7.96. The molecule has 1 saturated heterocycles. The van der Waals surface area contributed by atoms with Crippen LogP contribution in [0.4, 0.5) is 11.5 Å². The first-order valence-corrected chi connectivity index (χ1v) is 9.90. The number of aromatic nitrogens is 3. The summed E-state index contributed by atoms with van der Waals surface area (Å²) in [7, 11) is 0. The Balaban J connectivity index is 1.26. The highest BCUT2D eigenvalue weighted by Crippen LogP contribution is 2.22. The van der Waals surface area contributed by atoms with E-state index in [4.69, 9.17) is 4.74 Å². The fraction of sp³-hybridized carbons (Fsp3) is 0.174. The summed E-state index contributed by atoms with van der Waals surface area (Å²) in [5, 5.41) is 2.92. The summed E-state index contributed by atoms with van der Waals surface area (Å²) in [5.41, 5.74) is 4.04. The van der Waals surface area contributed by atoms with E-state index < -0.39 is 0 Å². The van der Waals surface area contributed by atoms with E-state index in [1.807, 2.05) is 65.3 Å². The topological polar surface area (TPSA) is 71.8 Å². The van der Waals surface area contributed by atoms with Crippen LogP contribution in [0.3, 0.4) is 0 Å². The first-order chi connectivity index (χ1) is 14.8. The fourth-order valence-electron chi connectivity index (χ4n) is 3.50. The van der Waals surface area contributed by atoms with Crippen LogP contribution in [0.2, 0.25) is 0 Å². The second-order valence-electron chi connectivity index (χ2n) is 7.13. The van der Waals surface area contributed by atoms with Crippen LogP contribution >= 0.6 is 0 Å². The molecule has 5 rings (SSSR count). The van der Waals surface area contributed by atoms with Gasteiger partial charge in [0.25, 0.3) is 5.91 Å². The molecule has 7 nitrogen and oxygen atoms in total. The van der Waals surface area contributed by atoms with E-state index in [1.54, 1.807) is 12.3 Å². The van der Waals surface area contributed by atoms with Crippen molar-refractivity contribution in [2.24, 2.45) is 0 Å². The maximum Gasteiger partial charge on any atom is 0.257 e. The van der Waals surface area contributed by atoms with E-state index in [-0.39, 0.29) is 5.91 Å². The third-order valence-electron chi connectivity index (χ3n) is 5.15. The van der Waals surface area contributed by atoms with Crippen molar-refractivity contribution in [1.29, 1.82) is 0 Å². The molecule has 0 spiro atoms. The Hall–Kier alpha value is -3.71. The first kappa shape index (κ1) is 18.3. The van der Waals surface area contributed by atoms with Crippen LogP contribution in [-0.2, 0) is 4.74 Å². The van der Waals surface area contributed by atoms with Crippen molar-refractivity contribution >= 4 is 23.1 Å². The van der Waals surface area contributed by atoms with Gasteiger partial charge in [-0.2, -0.15) is 0 Å². The summed E-state index contributed by atoms with van der Waals surface area (Å²) in [5.74, 6) is 0.683. The van der Waals surface area contributed by atoms with Crippen molar-refractivity contribution in [1.82, 2.24) is 14.4 Å². The largest absolute Gasteiger partial charge is 0.378 e. The van der Waals surface area contributed by atoms with Gasteiger partial charge in [-0.3, -0.25) is 4.79 Å². The van der Waals surface area contributed by atoms with E-state index in [1.165, 1.54) is 0 Å². The number of carbonyl (C=O) groups excluding carboxylic acids is 1. The number of carbonyl (C=O) groups is 1. The summed E-state index contributed by atoms with van der Waals surface area (Å²) in [6.45, 7) is 3.04. The Morgan fingerprint density at radius 3 is 2.57 bits per heavy atom. The van der Waals surface area contributed by atoms with Crippen LogP contribution in [0.1, 0.15) is 10.4 Å². The lowest BCUT2D eigenvalue weighted by Crippen LogP contribution is -2.36. The molecule has 7 heteroatoms. The Morgan fingerprint density at radius 1 is 1.00 bits per heavy atom. The van der Waals surface area contributed by atoms with Gasteiger partial charge in [-0.25, -0.2) is 9.97 Å². The van der Waals surface area contributed by atoms with Gasteiger partial charge < -0.3 is 19.4 Å². The number of imidazole rings is 1. The molecule has 150 valence electrons. The smallest absolute Gasteiger partial charge is 0.257 e. The molecule has 1 aliphatic heterocycles. The highest BCUT2D eigenvalue weighted by atomic mass is 16.5. The number of hydrogen-bond donors (Lipinski definition) is 1. The molecule has 1 aliphatic rings.